The van der Waals surface area contributed by atoms with Crippen LogP contribution < -0.4 is 5.73 Å². The lowest BCUT2D eigenvalue weighted by atomic mass is 9.74. The fourth-order valence-corrected chi connectivity index (χ4v) is 6.40. The van der Waals surface area contributed by atoms with E-state index >= 15 is 0 Å². The predicted octanol–water partition coefficient (Wildman–Crippen LogP) is 2.33. The zero-order valence-electron chi connectivity index (χ0n) is 16.8. The summed E-state index contributed by atoms with van der Waals surface area (Å²) in [6, 6.07) is 9.13. The van der Waals surface area contributed by atoms with E-state index in [-0.39, 0.29) is 28.6 Å². The third-order valence-corrected chi connectivity index (χ3v) is 8.56. The number of sulfonamides is 1. The van der Waals surface area contributed by atoms with Crippen molar-refractivity contribution in [1.29, 1.82) is 0 Å². The summed E-state index contributed by atoms with van der Waals surface area (Å²) in [6.45, 7) is 2.14. The molecule has 9 nitrogen and oxygen atoms in total. The van der Waals surface area contributed by atoms with Crippen LogP contribution in [0, 0.1) is 10.1 Å². The Morgan fingerprint density at radius 3 is 2.48 bits per heavy atom. The smallest absolute Gasteiger partial charge is 0.269 e. The fourth-order valence-electron chi connectivity index (χ4n) is 4.66. The van der Waals surface area contributed by atoms with E-state index < -0.39 is 14.9 Å². The first kappa shape index (κ1) is 22.3. The minimum absolute atomic E-state index is 0.00430. The lowest BCUT2D eigenvalue weighted by Crippen LogP contribution is -2.68. The quantitative estimate of drug-likeness (QED) is 0.372. The molecule has 2 aromatic rings. The molecule has 0 spiro atoms. The van der Waals surface area contributed by atoms with Crippen molar-refractivity contribution < 1.29 is 13.3 Å². The number of nitro groups is 1. The summed E-state index contributed by atoms with van der Waals surface area (Å²) in [5.41, 5.74) is 7.00. The SMILES string of the molecule is NC[C@@H]1[C@H](c2ccc(Br)nc2)[C@@H]2CN(S(=O)(=O)c3ccc([N+](=O)[O-])cc3)CCCCN12. The molecule has 166 valence electrons. The van der Waals surface area contributed by atoms with Crippen LogP contribution in [0.15, 0.2) is 52.1 Å². The van der Waals surface area contributed by atoms with Gasteiger partial charge in [0.1, 0.15) is 4.60 Å². The highest BCUT2D eigenvalue weighted by Crippen LogP contribution is 2.42. The molecule has 11 heteroatoms. The van der Waals surface area contributed by atoms with Crippen molar-refractivity contribution in [1.82, 2.24) is 14.2 Å². The Labute approximate surface area is 189 Å². The number of nitro benzene ring substituents is 1. The summed E-state index contributed by atoms with van der Waals surface area (Å²) in [5.74, 6) is 0.0956. The lowest BCUT2D eigenvalue weighted by molar-refractivity contribution is -0.384. The molecule has 2 aliphatic rings. The van der Waals surface area contributed by atoms with Crippen LogP contribution in [0.25, 0.3) is 0 Å². The first-order valence-corrected chi connectivity index (χ1v) is 12.4. The highest BCUT2D eigenvalue weighted by atomic mass is 79.9. The van der Waals surface area contributed by atoms with Gasteiger partial charge in [0.05, 0.1) is 9.82 Å². The molecule has 2 fully saturated rings. The van der Waals surface area contributed by atoms with Crippen molar-refractivity contribution in [3.8, 4) is 0 Å². The molecule has 0 aliphatic carbocycles. The fraction of sp³-hybridized carbons (Fsp3) is 0.450. The Morgan fingerprint density at radius 1 is 1.16 bits per heavy atom. The van der Waals surface area contributed by atoms with Crippen molar-refractivity contribution in [2.24, 2.45) is 5.73 Å². The first-order valence-electron chi connectivity index (χ1n) is 10.1. The topological polar surface area (TPSA) is 123 Å². The highest BCUT2D eigenvalue weighted by Gasteiger charge is 2.50. The molecule has 2 saturated heterocycles. The van der Waals surface area contributed by atoms with E-state index in [4.69, 9.17) is 5.73 Å². The number of pyridine rings is 1. The largest absolute Gasteiger partial charge is 0.329 e. The van der Waals surface area contributed by atoms with Crippen LogP contribution in [0.3, 0.4) is 0 Å². The van der Waals surface area contributed by atoms with Gasteiger partial charge in [-0.15, -0.1) is 0 Å². The van der Waals surface area contributed by atoms with Crippen molar-refractivity contribution in [2.45, 2.75) is 35.7 Å². The van der Waals surface area contributed by atoms with Crippen LogP contribution in [-0.4, -0.2) is 65.8 Å². The zero-order chi connectivity index (χ0) is 22.2. The Kier molecular flexibility index (Phi) is 6.40. The number of non-ortho nitro benzene ring substituents is 1. The molecule has 0 bridgehead atoms. The van der Waals surface area contributed by atoms with Crippen LogP contribution in [0.4, 0.5) is 5.69 Å². The molecule has 3 heterocycles. The predicted molar refractivity (Wildman–Crippen MR) is 119 cm³/mol. The number of hydrogen-bond acceptors (Lipinski definition) is 7. The molecule has 2 aliphatic heterocycles. The van der Waals surface area contributed by atoms with E-state index in [1.165, 1.54) is 28.6 Å². The third-order valence-electron chi connectivity index (χ3n) is 6.21. The van der Waals surface area contributed by atoms with Gasteiger partial charge in [0.15, 0.2) is 0 Å². The van der Waals surface area contributed by atoms with Gasteiger partial charge in [-0.25, -0.2) is 13.4 Å². The Balaban J connectivity index is 1.62. The average Bonchev–Trinajstić information content (AvgIpc) is 2.73. The first-order chi connectivity index (χ1) is 14.8. The second-order valence-corrected chi connectivity index (χ2v) is 10.6. The average molecular weight is 510 g/mol. The van der Waals surface area contributed by atoms with Gasteiger partial charge >= 0.3 is 0 Å². The molecular formula is C20H24BrN5O4S. The summed E-state index contributed by atoms with van der Waals surface area (Å²) in [7, 11) is -3.77. The van der Waals surface area contributed by atoms with Gasteiger partial charge in [0.2, 0.25) is 10.0 Å². The van der Waals surface area contributed by atoms with Gasteiger partial charge < -0.3 is 5.73 Å². The maximum atomic E-state index is 13.3. The second-order valence-electron chi connectivity index (χ2n) is 7.87. The van der Waals surface area contributed by atoms with Crippen molar-refractivity contribution >= 4 is 31.6 Å². The number of benzene rings is 1. The van der Waals surface area contributed by atoms with E-state index in [1.54, 1.807) is 0 Å². The molecule has 0 saturated carbocycles. The molecule has 4 rings (SSSR count). The number of halogens is 1. The van der Waals surface area contributed by atoms with Gasteiger partial charge in [0, 0.05) is 56.0 Å². The standard InChI is InChI=1S/C20H24BrN5O4S/c21-19-8-3-14(12-23-19)20-17(11-22)25-10-2-1-9-24(13-18(20)25)31(29,30)16-6-4-15(5-7-16)26(27)28/h3-8,12,17-18,20H,1-2,9-11,13,22H2/t17-,18+,20+/m1/s1. The molecule has 0 radical (unpaired) electrons. The van der Waals surface area contributed by atoms with E-state index in [0.29, 0.717) is 19.6 Å². The van der Waals surface area contributed by atoms with Gasteiger partial charge in [-0.2, -0.15) is 4.31 Å². The van der Waals surface area contributed by atoms with Crippen LogP contribution in [-0.2, 0) is 10.0 Å². The van der Waals surface area contributed by atoms with Gasteiger partial charge in [0.25, 0.3) is 5.69 Å². The van der Waals surface area contributed by atoms with E-state index in [0.717, 1.165) is 29.6 Å². The van der Waals surface area contributed by atoms with E-state index in [9.17, 15) is 18.5 Å². The molecule has 2 N–H and O–H groups in total. The number of aromatic nitrogens is 1. The summed E-state index contributed by atoms with van der Waals surface area (Å²) in [6.07, 6.45) is 3.45. The van der Waals surface area contributed by atoms with Crippen LogP contribution in [0.2, 0.25) is 0 Å². The Morgan fingerprint density at radius 2 is 1.87 bits per heavy atom. The van der Waals surface area contributed by atoms with Gasteiger partial charge in [-0.05, 0) is 59.1 Å². The molecule has 1 aromatic heterocycles. The minimum Gasteiger partial charge on any atom is -0.329 e. The minimum atomic E-state index is -3.77. The van der Waals surface area contributed by atoms with Gasteiger partial charge in [-0.3, -0.25) is 15.0 Å². The van der Waals surface area contributed by atoms with Crippen LogP contribution in [0.5, 0.6) is 0 Å². The molecule has 3 atom stereocenters. The van der Waals surface area contributed by atoms with Gasteiger partial charge in [-0.1, -0.05) is 6.07 Å². The molecule has 31 heavy (non-hydrogen) atoms. The second kappa shape index (κ2) is 8.91. The maximum Gasteiger partial charge on any atom is 0.269 e. The molecule has 1 aromatic carbocycles. The summed E-state index contributed by atoms with van der Waals surface area (Å²) in [4.78, 5) is 17.1. The monoisotopic (exact) mass is 509 g/mol. The summed E-state index contributed by atoms with van der Waals surface area (Å²) in [5, 5.41) is 10.9. The number of hydrogen-bond donors (Lipinski definition) is 1. The summed E-state index contributed by atoms with van der Waals surface area (Å²) >= 11 is 3.36. The normalized spacial score (nSPS) is 25.2. The number of fused-ring (bicyclic) bond motifs is 1. The lowest BCUT2D eigenvalue weighted by Gasteiger charge is -2.57. The molecule has 0 unspecified atom stereocenters. The highest BCUT2D eigenvalue weighted by molar-refractivity contribution is 9.10. The molecule has 0 amide bonds. The zero-order valence-corrected chi connectivity index (χ0v) is 19.2. The number of nitrogens with zero attached hydrogens (tertiary/aromatic N) is 4. The van der Waals surface area contributed by atoms with Crippen LogP contribution in [0.1, 0.15) is 24.3 Å². The summed E-state index contributed by atoms with van der Waals surface area (Å²) < 4.78 is 28.9. The van der Waals surface area contributed by atoms with Crippen molar-refractivity contribution in [3.05, 3.63) is 62.9 Å². The van der Waals surface area contributed by atoms with E-state index in [2.05, 4.69) is 25.8 Å². The molecular weight excluding hydrogens is 486 g/mol. The van der Waals surface area contributed by atoms with Crippen LogP contribution >= 0.6 is 15.9 Å². The number of nitrogens with two attached hydrogens (primary N) is 1. The maximum absolute atomic E-state index is 13.3. The third kappa shape index (κ3) is 4.24. The van der Waals surface area contributed by atoms with E-state index in [1.807, 2.05) is 18.3 Å². The van der Waals surface area contributed by atoms with Crippen molar-refractivity contribution in [3.63, 3.8) is 0 Å². The van der Waals surface area contributed by atoms with Crippen molar-refractivity contribution in [2.75, 3.05) is 26.2 Å². The Bertz CT molecular complexity index is 1050. The Hall–Kier alpha value is -1.92. The number of rotatable bonds is 5.